The third-order valence-electron chi connectivity index (χ3n) is 7.30. The molecule has 202 valence electrons. The fraction of sp³-hybridized carbons (Fsp3) is 0.548. The molecule has 1 atom stereocenters. The van der Waals surface area contributed by atoms with Gasteiger partial charge in [0.1, 0.15) is 5.75 Å². The van der Waals surface area contributed by atoms with E-state index < -0.39 is 11.6 Å². The smallest absolute Gasteiger partial charge is 0.349 e. The largest absolute Gasteiger partial charge is 0.476 e. The van der Waals surface area contributed by atoms with Gasteiger partial charge in [0, 0.05) is 20.1 Å². The van der Waals surface area contributed by atoms with Crippen molar-refractivity contribution in [1.82, 2.24) is 9.80 Å². The van der Waals surface area contributed by atoms with Gasteiger partial charge in [-0.05, 0) is 73.3 Å². The zero-order valence-corrected chi connectivity index (χ0v) is 23.9. The highest BCUT2D eigenvalue weighted by atomic mass is 16.6. The van der Waals surface area contributed by atoms with Gasteiger partial charge in [0.25, 0.3) is 0 Å². The Morgan fingerprint density at radius 3 is 2.27 bits per heavy atom. The summed E-state index contributed by atoms with van der Waals surface area (Å²) >= 11 is 0. The summed E-state index contributed by atoms with van der Waals surface area (Å²) in [6, 6.07) is 15.2. The number of urea groups is 1. The van der Waals surface area contributed by atoms with Crippen LogP contribution in [-0.2, 0) is 34.3 Å². The number of carbonyl (C=O) groups is 2. The van der Waals surface area contributed by atoms with Crippen molar-refractivity contribution in [3.63, 3.8) is 0 Å². The van der Waals surface area contributed by atoms with E-state index in [9.17, 15) is 9.59 Å². The number of benzene rings is 2. The molecule has 1 aliphatic rings. The van der Waals surface area contributed by atoms with Gasteiger partial charge in [0.2, 0.25) is 0 Å². The number of hydrogen-bond donors (Lipinski definition) is 0. The van der Waals surface area contributed by atoms with Gasteiger partial charge in [-0.3, -0.25) is 0 Å². The Hall–Kier alpha value is -3.02. The second-order valence-electron chi connectivity index (χ2n) is 11.7. The molecule has 6 nitrogen and oxygen atoms in total. The first kappa shape index (κ1) is 28.5. The van der Waals surface area contributed by atoms with Gasteiger partial charge in [0.05, 0.1) is 13.2 Å². The number of carbonyl (C=O) groups excluding carboxylic acids is 2. The number of ether oxygens (including phenoxy) is 2. The van der Waals surface area contributed by atoms with Crippen molar-refractivity contribution in [2.24, 2.45) is 0 Å². The molecule has 1 fully saturated rings. The highest BCUT2D eigenvalue weighted by Gasteiger charge is 2.34. The zero-order chi connectivity index (χ0) is 27.4. The van der Waals surface area contributed by atoms with Gasteiger partial charge >= 0.3 is 12.0 Å². The van der Waals surface area contributed by atoms with Crippen molar-refractivity contribution < 1.29 is 19.1 Å². The Balaban J connectivity index is 1.55. The Labute approximate surface area is 222 Å². The van der Waals surface area contributed by atoms with Crippen LogP contribution >= 0.6 is 0 Å². The summed E-state index contributed by atoms with van der Waals surface area (Å²) in [6.45, 7) is 13.6. The maximum absolute atomic E-state index is 12.9. The van der Waals surface area contributed by atoms with Crippen LogP contribution in [0.25, 0.3) is 0 Å². The van der Waals surface area contributed by atoms with Crippen LogP contribution in [-0.4, -0.2) is 54.1 Å². The van der Waals surface area contributed by atoms with Crippen molar-refractivity contribution in [1.29, 1.82) is 0 Å². The molecule has 2 aromatic rings. The summed E-state index contributed by atoms with van der Waals surface area (Å²) in [6.07, 6.45) is 3.69. The molecule has 37 heavy (non-hydrogen) atoms. The van der Waals surface area contributed by atoms with E-state index in [1.165, 1.54) is 23.8 Å². The third-order valence-corrected chi connectivity index (χ3v) is 7.30. The molecule has 0 saturated carbocycles. The molecular formula is C31H44N2O4. The average Bonchev–Trinajstić information content (AvgIpc) is 3.11. The molecule has 0 unspecified atom stereocenters. The van der Waals surface area contributed by atoms with Crippen LogP contribution in [0.2, 0.25) is 0 Å². The lowest BCUT2D eigenvalue weighted by molar-refractivity contribution is -0.156. The molecule has 3 rings (SSSR count). The van der Waals surface area contributed by atoms with Crippen LogP contribution in [0, 0.1) is 0 Å². The number of amides is 2. The minimum atomic E-state index is -1.04. The van der Waals surface area contributed by atoms with Gasteiger partial charge in [-0.25, -0.2) is 9.59 Å². The molecular weight excluding hydrogens is 464 g/mol. The fourth-order valence-corrected chi connectivity index (χ4v) is 4.85. The van der Waals surface area contributed by atoms with Crippen LogP contribution < -0.4 is 4.74 Å². The first-order valence-electron chi connectivity index (χ1n) is 13.4. The van der Waals surface area contributed by atoms with E-state index in [0.29, 0.717) is 12.3 Å². The van der Waals surface area contributed by atoms with Crippen LogP contribution in [0.4, 0.5) is 4.79 Å². The van der Waals surface area contributed by atoms with Crippen molar-refractivity contribution in [3.05, 3.63) is 64.7 Å². The monoisotopic (exact) mass is 508 g/mol. The van der Waals surface area contributed by atoms with Crippen molar-refractivity contribution in [2.75, 3.05) is 20.7 Å². The third kappa shape index (κ3) is 7.06. The fourth-order valence-electron chi connectivity index (χ4n) is 4.85. The topological polar surface area (TPSA) is 59.1 Å². The second-order valence-corrected chi connectivity index (χ2v) is 11.7. The number of rotatable bonds is 10. The zero-order valence-electron chi connectivity index (χ0n) is 23.9. The summed E-state index contributed by atoms with van der Waals surface area (Å²) in [7, 11) is 3.29. The van der Waals surface area contributed by atoms with Gasteiger partial charge in [-0.2, -0.15) is 0 Å². The first-order chi connectivity index (χ1) is 17.4. The molecule has 0 aromatic heterocycles. The molecule has 2 aromatic carbocycles. The molecule has 0 radical (unpaired) electrons. The number of esters is 1. The minimum Gasteiger partial charge on any atom is -0.476 e. The number of nitrogens with zero attached hydrogens (tertiary/aromatic N) is 2. The molecule has 0 spiro atoms. The maximum atomic E-state index is 12.9. The van der Waals surface area contributed by atoms with Crippen molar-refractivity contribution in [3.8, 4) is 5.75 Å². The van der Waals surface area contributed by atoms with E-state index in [2.05, 4.69) is 64.1 Å². The number of hydrogen-bond acceptors (Lipinski definition) is 4. The predicted molar refractivity (Wildman–Crippen MR) is 148 cm³/mol. The van der Waals surface area contributed by atoms with Gasteiger partial charge in [0.15, 0.2) is 5.60 Å². The van der Waals surface area contributed by atoms with Crippen LogP contribution in [0.1, 0.15) is 76.6 Å². The molecule has 1 heterocycles. The summed E-state index contributed by atoms with van der Waals surface area (Å²) in [5.74, 6) is 0.318. The van der Waals surface area contributed by atoms with Crippen LogP contribution in [0.3, 0.4) is 0 Å². The summed E-state index contributed by atoms with van der Waals surface area (Å²) in [5.41, 5.74) is 3.87. The summed E-state index contributed by atoms with van der Waals surface area (Å²) in [4.78, 5) is 28.8. The van der Waals surface area contributed by atoms with Crippen LogP contribution in [0.5, 0.6) is 5.75 Å². The van der Waals surface area contributed by atoms with E-state index in [1.54, 1.807) is 13.8 Å². The Bertz CT molecular complexity index is 1090. The maximum Gasteiger partial charge on any atom is 0.349 e. The minimum absolute atomic E-state index is 0.105. The highest BCUT2D eigenvalue weighted by molar-refractivity contribution is 5.79. The molecule has 0 N–H and O–H groups in total. The molecule has 6 heteroatoms. The first-order valence-corrected chi connectivity index (χ1v) is 13.4. The van der Waals surface area contributed by atoms with E-state index in [4.69, 9.17) is 9.47 Å². The molecule has 0 aliphatic carbocycles. The van der Waals surface area contributed by atoms with Crippen LogP contribution in [0.15, 0.2) is 42.5 Å². The van der Waals surface area contributed by atoms with Crippen molar-refractivity contribution in [2.45, 2.75) is 90.8 Å². The van der Waals surface area contributed by atoms with Gasteiger partial charge in [-0.1, -0.05) is 64.1 Å². The molecule has 1 aliphatic heterocycles. The number of likely N-dealkylation sites (N-methyl/N-ethyl adjacent to an activating group) is 1. The highest BCUT2D eigenvalue weighted by Crippen LogP contribution is 2.28. The van der Waals surface area contributed by atoms with E-state index in [1.807, 2.05) is 22.9 Å². The van der Waals surface area contributed by atoms with Crippen molar-refractivity contribution >= 4 is 12.0 Å². The lowest BCUT2D eigenvalue weighted by Gasteiger charge is -2.25. The lowest BCUT2D eigenvalue weighted by atomic mass is 9.87. The number of aryl methyl sites for hydroxylation is 2. The average molecular weight is 509 g/mol. The van der Waals surface area contributed by atoms with E-state index in [0.717, 1.165) is 37.8 Å². The molecule has 2 amide bonds. The second kappa shape index (κ2) is 11.6. The van der Waals surface area contributed by atoms with Gasteiger partial charge in [-0.15, -0.1) is 0 Å². The summed E-state index contributed by atoms with van der Waals surface area (Å²) in [5, 5.41) is 0. The Kier molecular flexibility index (Phi) is 8.93. The summed E-state index contributed by atoms with van der Waals surface area (Å²) < 4.78 is 10.9. The molecule has 0 bridgehead atoms. The quantitative estimate of drug-likeness (QED) is 0.362. The normalized spacial score (nSPS) is 16.3. The number of methoxy groups -OCH3 is 1. The Morgan fingerprint density at radius 2 is 1.68 bits per heavy atom. The lowest BCUT2D eigenvalue weighted by Crippen LogP contribution is -2.39. The standard InChI is InChI=1S/C31H44N2O4/c1-9-24-19-22(15-18-27(24)37-31(5,6)28(34)36-8)11-10-12-26-21-33(29(35)32(26)7)20-23-13-16-25(17-14-23)30(2,3)4/h13-19,26H,9-12,20-21H2,1-8H3/t26-/m0/s1. The SMILES string of the molecule is CCc1cc(CCC[C@H]2CN(Cc3ccc(C(C)(C)C)cc3)C(=O)N2C)ccc1OC(C)(C)C(=O)OC. The predicted octanol–water partition coefficient (Wildman–Crippen LogP) is 6.14. The van der Waals surface area contributed by atoms with E-state index in [-0.39, 0.29) is 17.5 Å². The van der Waals surface area contributed by atoms with E-state index >= 15 is 0 Å². The molecule has 1 saturated heterocycles. The van der Waals surface area contributed by atoms with Gasteiger partial charge < -0.3 is 19.3 Å². The Morgan fingerprint density at radius 1 is 1.03 bits per heavy atom.